The molecule has 0 spiro atoms. The van der Waals surface area contributed by atoms with Gasteiger partial charge in [0.05, 0.1) is 12.2 Å². The normalized spacial score (nSPS) is 19.8. The zero-order valence-corrected chi connectivity index (χ0v) is 15.3. The van der Waals surface area contributed by atoms with Crippen LogP contribution in [0.1, 0.15) is 11.6 Å². The second kappa shape index (κ2) is 7.02. The molecule has 1 N–H and O–H groups in total. The van der Waals surface area contributed by atoms with E-state index in [9.17, 15) is 4.79 Å². The molecular weight excluding hydrogens is 348 g/mol. The largest absolute Gasteiger partial charge is 0.342 e. The van der Waals surface area contributed by atoms with Crippen molar-refractivity contribution in [3.8, 4) is 0 Å². The second-order valence-electron chi connectivity index (χ2n) is 7.05. The lowest BCUT2D eigenvalue weighted by Gasteiger charge is -2.40. The van der Waals surface area contributed by atoms with Crippen LogP contribution in [0.15, 0.2) is 73.2 Å². The van der Waals surface area contributed by atoms with E-state index in [4.69, 9.17) is 0 Å². The van der Waals surface area contributed by atoms with E-state index in [2.05, 4.69) is 74.8 Å². The molecule has 0 bridgehead atoms. The van der Waals surface area contributed by atoms with Crippen LogP contribution >= 0.6 is 0 Å². The number of carbonyl (C=O) groups is 1. The maximum absolute atomic E-state index is 12.3. The van der Waals surface area contributed by atoms with Crippen LogP contribution in [0.2, 0.25) is 0 Å². The van der Waals surface area contributed by atoms with Crippen LogP contribution in [0, 0.1) is 0 Å². The van der Waals surface area contributed by atoms with Gasteiger partial charge in [-0.15, -0.1) is 0 Å². The Kier molecular flexibility index (Phi) is 4.22. The molecule has 1 aromatic heterocycles. The van der Waals surface area contributed by atoms with Crippen LogP contribution in [-0.4, -0.2) is 35.4 Å². The lowest BCUT2D eigenvalue weighted by Crippen LogP contribution is -2.54. The van der Waals surface area contributed by atoms with Crippen LogP contribution in [0.4, 0.5) is 5.82 Å². The van der Waals surface area contributed by atoms with E-state index in [1.165, 1.54) is 27.1 Å². The number of anilines is 1. The van der Waals surface area contributed by atoms with Crippen molar-refractivity contribution in [2.45, 2.75) is 12.1 Å². The summed E-state index contributed by atoms with van der Waals surface area (Å²) in [5, 5.41) is 8.30. The first-order chi connectivity index (χ1) is 13.9. The van der Waals surface area contributed by atoms with Crippen LogP contribution < -0.4 is 10.2 Å². The highest BCUT2D eigenvalue weighted by Crippen LogP contribution is 2.36. The third kappa shape index (κ3) is 2.72. The van der Waals surface area contributed by atoms with Crippen molar-refractivity contribution in [3.05, 3.63) is 78.8 Å². The Labute approximate surface area is 163 Å². The van der Waals surface area contributed by atoms with Gasteiger partial charge < -0.3 is 15.0 Å². The number of hydrogen-bond acceptors (Lipinski definition) is 5. The summed E-state index contributed by atoms with van der Waals surface area (Å²) >= 11 is 0. The van der Waals surface area contributed by atoms with Gasteiger partial charge in [0.1, 0.15) is 18.1 Å². The molecule has 3 aromatic carbocycles. The van der Waals surface area contributed by atoms with Crippen molar-refractivity contribution in [1.82, 2.24) is 15.3 Å². The van der Waals surface area contributed by atoms with Gasteiger partial charge in [0.15, 0.2) is 0 Å². The fourth-order valence-corrected chi connectivity index (χ4v) is 4.31. The number of nitrogens with zero attached hydrogens (tertiary/aromatic N) is 3. The molecule has 138 valence electrons. The number of piperazine rings is 1. The molecule has 4 aromatic rings. The van der Waals surface area contributed by atoms with Gasteiger partial charge in [0.2, 0.25) is 0 Å². The second-order valence-corrected chi connectivity index (χ2v) is 7.05. The highest BCUT2D eigenvalue weighted by molar-refractivity contribution is 6.03. The summed E-state index contributed by atoms with van der Waals surface area (Å²) < 4.78 is 0. The van der Waals surface area contributed by atoms with Gasteiger partial charge >= 0.3 is 0 Å². The Morgan fingerprint density at radius 2 is 1.71 bits per heavy atom. The first-order valence-electron chi connectivity index (χ1n) is 9.48. The number of carbonyl (C=O) groups excluding carboxylic acids is 1. The average Bonchev–Trinajstić information content (AvgIpc) is 2.77. The molecule has 5 nitrogen and oxygen atoms in total. The highest BCUT2D eigenvalue weighted by Gasteiger charge is 2.34. The molecule has 1 aliphatic heterocycles. The Balaban J connectivity index is 1.72. The third-order valence-electron chi connectivity index (χ3n) is 5.53. The first-order valence-corrected chi connectivity index (χ1v) is 9.48. The number of nitrogens with one attached hydrogen (secondary N) is 1. The Morgan fingerprint density at radius 1 is 1.00 bits per heavy atom. The Hall–Kier alpha value is -3.31. The summed E-state index contributed by atoms with van der Waals surface area (Å²) in [4.78, 5) is 22.9. The number of hydrogen-bond donors (Lipinski definition) is 1. The van der Waals surface area contributed by atoms with Gasteiger partial charge in [-0.1, -0.05) is 48.5 Å². The van der Waals surface area contributed by atoms with E-state index in [1.54, 1.807) is 18.6 Å². The molecule has 5 heteroatoms. The van der Waals surface area contributed by atoms with Crippen molar-refractivity contribution in [2.24, 2.45) is 0 Å². The fraction of sp³-hybridized carbons (Fsp3) is 0.174. The molecule has 2 unspecified atom stereocenters. The van der Waals surface area contributed by atoms with E-state index in [-0.39, 0.29) is 12.1 Å². The minimum absolute atomic E-state index is 0.135. The molecule has 0 radical (unpaired) electrons. The summed E-state index contributed by atoms with van der Waals surface area (Å²) in [5.74, 6) is 0.732. The molecule has 1 fully saturated rings. The van der Waals surface area contributed by atoms with Crippen molar-refractivity contribution < 1.29 is 4.79 Å². The van der Waals surface area contributed by atoms with Crippen LogP contribution in [0.5, 0.6) is 0 Å². The van der Waals surface area contributed by atoms with Gasteiger partial charge in [-0.2, -0.15) is 0 Å². The molecule has 0 saturated carbocycles. The van der Waals surface area contributed by atoms with E-state index in [0.29, 0.717) is 6.54 Å². The number of aromatic nitrogens is 2. The Bertz CT molecular complexity index is 1090. The van der Waals surface area contributed by atoms with Crippen LogP contribution in [0.25, 0.3) is 21.5 Å². The maximum Gasteiger partial charge on any atom is 0.147 e. The fourth-order valence-electron chi connectivity index (χ4n) is 4.31. The molecule has 0 aliphatic carbocycles. The quantitative estimate of drug-likeness (QED) is 0.443. The summed E-state index contributed by atoms with van der Waals surface area (Å²) in [6.07, 6.45) is 6.07. The maximum atomic E-state index is 12.3. The molecule has 1 saturated heterocycles. The Morgan fingerprint density at radius 3 is 2.36 bits per heavy atom. The number of rotatable bonds is 3. The number of fused-ring (bicyclic) bond motifs is 2. The van der Waals surface area contributed by atoms with Gasteiger partial charge in [0, 0.05) is 25.5 Å². The van der Waals surface area contributed by atoms with Crippen LogP contribution in [-0.2, 0) is 4.79 Å². The van der Waals surface area contributed by atoms with Gasteiger partial charge in [-0.05, 0) is 33.2 Å². The molecule has 5 rings (SSSR count). The van der Waals surface area contributed by atoms with Gasteiger partial charge in [-0.25, -0.2) is 4.98 Å². The molecule has 0 amide bonds. The first kappa shape index (κ1) is 16.8. The predicted molar refractivity (Wildman–Crippen MR) is 111 cm³/mol. The van der Waals surface area contributed by atoms with E-state index in [0.717, 1.165) is 18.6 Å². The summed E-state index contributed by atoms with van der Waals surface area (Å²) in [5.41, 5.74) is 1.17. The standard InChI is InChI=1S/C23H20N4O/c28-15-20-23(26-11-12-27(20)21-14-24-9-10-25-21)22-18-7-3-1-5-16(18)13-17-6-2-4-8-19(17)22/h1-10,13-15,20,23,26H,11-12H2. The summed E-state index contributed by atoms with van der Waals surface area (Å²) in [6.45, 7) is 1.48. The average molecular weight is 368 g/mol. The van der Waals surface area contributed by atoms with Crippen LogP contribution in [0.3, 0.4) is 0 Å². The monoisotopic (exact) mass is 368 g/mol. The summed E-state index contributed by atoms with van der Waals surface area (Å²) in [7, 11) is 0. The lowest BCUT2D eigenvalue weighted by atomic mass is 9.87. The minimum atomic E-state index is -0.361. The molecular formula is C23H20N4O. The molecule has 2 heterocycles. The smallest absolute Gasteiger partial charge is 0.147 e. The van der Waals surface area contributed by atoms with Crippen molar-refractivity contribution >= 4 is 33.6 Å². The van der Waals surface area contributed by atoms with Crippen molar-refractivity contribution in [2.75, 3.05) is 18.0 Å². The van der Waals surface area contributed by atoms with E-state index in [1.807, 2.05) is 0 Å². The third-order valence-corrected chi connectivity index (χ3v) is 5.53. The molecule has 1 aliphatic rings. The minimum Gasteiger partial charge on any atom is -0.342 e. The zero-order valence-electron chi connectivity index (χ0n) is 15.3. The molecule has 28 heavy (non-hydrogen) atoms. The predicted octanol–water partition coefficient (Wildman–Crippen LogP) is 3.50. The van der Waals surface area contributed by atoms with Gasteiger partial charge in [-0.3, -0.25) is 4.98 Å². The zero-order chi connectivity index (χ0) is 18.9. The highest BCUT2D eigenvalue weighted by atomic mass is 16.1. The topological polar surface area (TPSA) is 58.1 Å². The van der Waals surface area contributed by atoms with E-state index >= 15 is 0 Å². The van der Waals surface area contributed by atoms with Crippen molar-refractivity contribution in [1.29, 1.82) is 0 Å². The van der Waals surface area contributed by atoms with Crippen molar-refractivity contribution in [3.63, 3.8) is 0 Å². The number of aldehydes is 1. The SMILES string of the molecule is O=CC1C(c2c3ccccc3cc3ccccc23)NCCN1c1cnccn1. The van der Waals surface area contributed by atoms with E-state index < -0.39 is 0 Å². The number of benzene rings is 3. The summed E-state index contributed by atoms with van der Waals surface area (Å²) in [6, 6.07) is 18.5. The van der Waals surface area contributed by atoms with Gasteiger partial charge in [0.25, 0.3) is 0 Å². The molecule has 2 atom stereocenters. The lowest BCUT2D eigenvalue weighted by molar-refractivity contribution is -0.109.